The lowest BCUT2D eigenvalue weighted by Gasteiger charge is -2.24. The third-order valence-electron chi connectivity index (χ3n) is 4.88. The average molecular weight is 467 g/mol. The van der Waals surface area contributed by atoms with Crippen LogP contribution >= 0.6 is 22.9 Å². The van der Waals surface area contributed by atoms with Gasteiger partial charge in [0.15, 0.2) is 5.69 Å². The summed E-state index contributed by atoms with van der Waals surface area (Å²) in [5.41, 5.74) is 6.49. The number of H-pyrrole nitrogens is 1. The first-order chi connectivity index (χ1) is 15.4. The summed E-state index contributed by atoms with van der Waals surface area (Å²) in [5, 5.41) is 0. The minimum absolute atomic E-state index is 0.0843. The van der Waals surface area contributed by atoms with Crippen molar-refractivity contribution in [2.24, 2.45) is 0 Å². The molecule has 32 heavy (non-hydrogen) atoms. The number of nitrogens with zero attached hydrogens (tertiary/aromatic N) is 2. The van der Waals surface area contributed by atoms with E-state index in [1.54, 1.807) is 12.1 Å². The van der Waals surface area contributed by atoms with E-state index in [0.29, 0.717) is 9.21 Å². The molecule has 0 saturated carbocycles. The van der Waals surface area contributed by atoms with Gasteiger partial charge in [-0.05, 0) is 23.3 Å². The van der Waals surface area contributed by atoms with Crippen molar-refractivity contribution < 1.29 is 4.79 Å². The van der Waals surface area contributed by atoms with E-state index in [2.05, 4.69) is 4.98 Å². The lowest BCUT2D eigenvalue weighted by atomic mass is 10.2. The summed E-state index contributed by atoms with van der Waals surface area (Å²) >= 11 is 7.13. The molecule has 2 aromatic carbocycles. The zero-order valence-electron chi connectivity index (χ0n) is 16.8. The van der Waals surface area contributed by atoms with Gasteiger partial charge in [0.25, 0.3) is 11.5 Å². The fraction of sp³-hybridized carbons (Fsp3) is 0.0870. The summed E-state index contributed by atoms with van der Waals surface area (Å²) in [6.07, 6.45) is 0. The number of benzene rings is 2. The zero-order chi connectivity index (χ0) is 22.7. The van der Waals surface area contributed by atoms with E-state index in [1.807, 2.05) is 60.7 Å². The number of amides is 1. The molecule has 0 saturated heterocycles. The molecule has 0 atom stereocenters. The Labute approximate surface area is 192 Å². The molecule has 3 N–H and O–H groups in total. The van der Waals surface area contributed by atoms with Crippen molar-refractivity contribution in [1.29, 1.82) is 0 Å². The largest absolute Gasteiger partial charge is 0.383 e. The van der Waals surface area contributed by atoms with Gasteiger partial charge in [-0.3, -0.25) is 24.0 Å². The molecule has 0 unspecified atom stereocenters. The van der Waals surface area contributed by atoms with Crippen molar-refractivity contribution in [2.75, 3.05) is 10.6 Å². The number of aromatic amines is 1. The predicted molar refractivity (Wildman–Crippen MR) is 128 cm³/mol. The van der Waals surface area contributed by atoms with Crippen molar-refractivity contribution in [3.05, 3.63) is 114 Å². The van der Waals surface area contributed by atoms with Crippen molar-refractivity contribution >= 4 is 40.4 Å². The summed E-state index contributed by atoms with van der Waals surface area (Å²) in [6.45, 7) is 0.236. The number of nitrogen functional groups attached to an aromatic ring is 1. The van der Waals surface area contributed by atoms with Crippen LogP contribution in [0.3, 0.4) is 0 Å². The Morgan fingerprint density at radius 3 is 2.19 bits per heavy atom. The zero-order valence-corrected chi connectivity index (χ0v) is 18.4. The molecular weight excluding hydrogens is 448 g/mol. The van der Waals surface area contributed by atoms with E-state index in [0.717, 1.165) is 22.5 Å². The Kier molecular flexibility index (Phi) is 6.25. The number of halogens is 1. The highest BCUT2D eigenvalue weighted by molar-refractivity contribution is 7.18. The van der Waals surface area contributed by atoms with E-state index in [-0.39, 0.29) is 24.6 Å². The summed E-state index contributed by atoms with van der Waals surface area (Å²) < 4.78 is 1.70. The van der Waals surface area contributed by atoms with E-state index in [1.165, 1.54) is 9.47 Å². The second-order valence-corrected chi connectivity index (χ2v) is 8.76. The van der Waals surface area contributed by atoms with Gasteiger partial charge < -0.3 is 5.73 Å². The number of rotatable bonds is 6. The first-order valence-electron chi connectivity index (χ1n) is 9.71. The molecule has 9 heteroatoms. The van der Waals surface area contributed by atoms with Crippen LogP contribution in [0.1, 0.15) is 20.8 Å². The maximum atomic E-state index is 13.4. The molecule has 4 rings (SSSR count). The molecule has 2 heterocycles. The number of carbonyl (C=O) groups is 1. The van der Waals surface area contributed by atoms with Crippen LogP contribution in [0, 0.1) is 0 Å². The highest BCUT2D eigenvalue weighted by atomic mass is 35.5. The Bertz CT molecular complexity index is 1360. The smallest absolute Gasteiger partial charge is 0.330 e. The predicted octanol–water partition coefficient (Wildman–Crippen LogP) is 3.73. The highest BCUT2D eigenvalue weighted by Gasteiger charge is 2.26. The van der Waals surface area contributed by atoms with Crippen LogP contribution in [-0.2, 0) is 13.1 Å². The normalized spacial score (nSPS) is 10.8. The van der Waals surface area contributed by atoms with Crippen molar-refractivity contribution in [3.8, 4) is 0 Å². The first-order valence-corrected chi connectivity index (χ1v) is 10.9. The number of hydrogen-bond acceptors (Lipinski definition) is 5. The monoisotopic (exact) mass is 466 g/mol. The van der Waals surface area contributed by atoms with Crippen molar-refractivity contribution in [1.82, 2.24) is 9.55 Å². The Hall–Kier alpha value is -3.62. The fourth-order valence-corrected chi connectivity index (χ4v) is 4.33. The number of anilines is 2. The van der Waals surface area contributed by atoms with E-state index in [4.69, 9.17) is 17.3 Å². The van der Waals surface area contributed by atoms with Gasteiger partial charge in [-0.1, -0.05) is 72.3 Å². The summed E-state index contributed by atoms with van der Waals surface area (Å²) in [7, 11) is 0. The Morgan fingerprint density at radius 2 is 1.59 bits per heavy atom. The molecule has 1 amide bonds. The fourth-order valence-electron chi connectivity index (χ4n) is 3.34. The molecule has 0 radical (unpaired) electrons. The third kappa shape index (κ3) is 4.51. The molecule has 4 aromatic rings. The van der Waals surface area contributed by atoms with E-state index >= 15 is 0 Å². The Balaban J connectivity index is 1.84. The van der Waals surface area contributed by atoms with Gasteiger partial charge >= 0.3 is 5.69 Å². The van der Waals surface area contributed by atoms with Gasteiger partial charge in [-0.2, -0.15) is 0 Å². The minimum Gasteiger partial charge on any atom is -0.383 e. The molecule has 162 valence electrons. The number of hydrogen-bond donors (Lipinski definition) is 2. The van der Waals surface area contributed by atoms with Crippen LogP contribution in [-0.4, -0.2) is 15.5 Å². The number of carbonyl (C=O) groups excluding carboxylic acids is 1. The molecule has 0 aliphatic rings. The van der Waals surface area contributed by atoms with Crippen LogP contribution in [0.25, 0.3) is 0 Å². The maximum Gasteiger partial charge on any atom is 0.330 e. The van der Waals surface area contributed by atoms with Crippen LogP contribution in [0.2, 0.25) is 4.34 Å². The standard InChI is InChI=1S/C23H19ClN4O3S/c24-18-12-11-17(32-18)22(30)27(13-15-7-3-1-4-8-15)19-20(25)28(23(31)26-21(19)29)14-16-9-5-2-6-10-16/h1-12H,13-14,25H2,(H,26,29,31). The van der Waals surface area contributed by atoms with Gasteiger partial charge in [0.2, 0.25) is 0 Å². The van der Waals surface area contributed by atoms with E-state index < -0.39 is 17.2 Å². The van der Waals surface area contributed by atoms with Crippen LogP contribution < -0.4 is 21.9 Å². The van der Waals surface area contributed by atoms with Crippen LogP contribution in [0.15, 0.2) is 82.4 Å². The second kappa shape index (κ2) is 9.25. The molecule has 0 aliphatic carbocycles. The molecule has 7 nitrogen and oxygen atoms in total. The second-order valence-electron chi connectivity index (χ2n) is 7.05. The number of nitrogens with two attached hydrogens (primary N) is 1. The molecule has 0 bridgehead atoms. The summed E-state index contributed by atoms with van der Waals surface area (Å²) in [5.74, 6) is -0.526. The molecule has 2 aromatic heterocycles. The van der Waals surface area contributed by atoms with Gasteiger partial charge in [-0.15, -0.1) is 11.3 Å². The molecule has 0 fully saturated rings. The van der Waals surface area contributed by atoms with Crippen molar-refractivity contribution in [2.45, 2.75) is 13.1 Å². The highest BCUT2D eigenvalue weighted by Crippen LogP contribution is 2.27. The topological polar surface area (TPSA) is 101 Å². The lowest BCUT2D eigenvalue weighted by Crippen LogP contribution is -2.40. The molecule has 0 aliphatic heterocycles. The van der Waals surface area contributed by atoms with Crippen LogP contribution in [0.4, 0.5) is 11.5 Å². The Morgan fingerprint density at radius 1 is 0.969 bits per heavy atom. The maximum absolute atomic E-state index is 13.4. The number of nitrogens with one attached hydrogen (secondary N) is 1. The number of thiophene rings is 1. The average Bonchev–Trinajstić information content (AvgIpc) is 3.23. The first kappa shape index (κ1) is 21.6. The van der Waals surface area contributed by atoms with E-state index in [9.17, 15) is 14.4 Å². The molecular formula is C23H19ClN4O3S. The van der Waals surface area contributed by atoms with Gasteiger partial charge in [0, 0.05) is 0 Å². The minimum atomic E-state index is -0.733. The van der Waals surface area contributed by atoms with Gasteiger partial charge in [-0.25, -0.2) is 4.79 Å². The van der Waals surface area contributed by atoms with Gasteiger partial charge in [0.05, 0.1) is 22.3 Å². The SMILES string of the molecule is Nc1c(N(Cc2ccccc2)C(=O)c2ccc(Cl)s2)c(=O)[nH]c(=O)n1Cc1ccccc1. The quantitative estimate of drug-likeness (QED) is 0.452. The van der Waals surface area contributed by atoms with Gasteiger partial charge in [0.1, 0.15) is 5.82 Å². The van der Waals surface area contributed by atoms with Crippen LogP contribution in [0.5, 0.6) is 0 Å². The third-order valence-corrected chi connectivity index (χ3v) is 6.10. The number of aromatic nitrogens is 2. The van der Waals surface area contributed by atoms with Crippen molar-refractivity contribution in [3.63, 3.8) is 0 Å². The summed E-state index contributed by atoms with van der Waals surface area (Å²) in [4.78, 5) is 42.8. The summed E-state index contributed by atoms with van der Waals surface area (Å²) in [6, 6.07) is 21.7. The lowest BCUT2D eigenvalue weighted by molar-refractivity contribution is 0.0988. The molecule has 0 spiro atoms.